The van der Waals surface area contributed by atoms with Crippen molar-refractivity contribution in [1.29, 1.82) is 0 Å². The molecule has 0 unspecified atom stereocenters. The summed E-state index contributed by atoms with van der Waals surface area (Å²) < 4.78 is 0. The molecule has 1 aromatic carbocycles. The summed E-state index contributed by atoms with van der Waals surface area (Å²) >= 11 is 4.24. The van der Waals surface area contributed by atoms with Crippen molar-refractivity contribution in [2.24, 2.45) is 0 Å². The highest BCUT2D eigenvalue weighted by Gasteiger charge is 1.91. The Kier molecular flexibility index (Phi) is 3.11. The second kappa shape index (κ2) is 4.12. The minimum absolute atomic E-state index is 0.0478. The molecule has 0 bridgehead atoms. The second-order valence-electron chi connectivity index (χ2n) is 2.50. The minimum Gasteiger partial charge on any atom is -0.295 e. The van der Waals surface area contributed by atoms with E-state index in [9.17, 15) is 4.79 Å². The first kappa shape index (κ1) is 9.07. The highest BCUT2D eigenvalue weighted by atomic mass is 32.1. The van der Waals surface area contributed by atoms with Gasteiger partial charge in [-0.15, -0.1) is 12.6 Å². The summed E-state index contributed by atoms with van der Waals surface area (Å²) in [7, 11) is 0. The third kappa shape index (κ3) is 2.55. The van der Waals surface area contributed by atoms with Crippen molar-refractivity contribution in [3.8, 4) is 0 Å². The molecule has 0 amide bonds. The third-order valence-corrected chi connectivity index (χ3v) is 1.84. The van der Waals surface area contributed by atoms with Gasteiger partial charge >= 0.3 is 0 Å². The molecular formula is C10H10OS. The van der Waals surface area contributed by atoms with Gasteiger partial charge in [0.15, 0.2) is 5.78 Å². The molecule has 62 valence electrons. The smallest absolute Gasteiger partial charge is 0.152 e. The van der Waals surface area contributed by atoms with E-state index in [1.807, 2.05) is 24.3 Å². The van der Waals surface area contributed by atoms with Gasteiger partial charge in [-0.05, 0) is 24.6 Å². The van der Waals surface area contributed by atoms with Crippen LogP contribution in [-0.2, 0) is 4.79 Å². The van der Waals surface area contributed by atoms with Crippen LogP contribution in [0.2, 0.25) is 0 Å². The molecule has 1 aromatic rings. The number of carbonyl (C=O) groups is 1. The summed E-state index contributed by atoms with van der Waals surface area (Å²) in [5.41, 5.74) is 0.969. The van der Waals surface area contributed by atoms with Gasteiger partial charge in [-0.3, -0.25) is 4.79 Å². The Bertz CT molecular complexity index is 315. The maximum absolute atomic E-state index is 10.6. The molecule has 0 aliphatic heterocycles. The van der Waals surface area contributed by atoms with Crippen LogP contribution in [0.1, 0.15) is 12.5 Å². The van der Waals surface area contributed by atoms with Crippen molar-refractivity contribution in [2.45, 2.75) is 11.8 Å². The average molecular weight is 178 g/mol. The van der Waals surface area contributed by atoms with Crippen LogP contribution >= 0.6 is 12.6 Å². The molecule has 0 aromatic heterocycles. The van der Waals surface area contributed by atoms with E-state index in [4.69, 9.17) is 0 Å². The summed E-state index contributed by atoms with van der Waals surface area (Å²) in [5.74, 6) is 0.0478. The normalized spacial score (nSPS) is 10.5. The van der Waals surface area contributed by atoms with Gasteiger partial charge in [-0.2, -0.15) is 0 Å². The van der Waals surface area contributed by atoms with Crippen molar-refractivity contribution in [3.63, 3.8) is 0 Å². The molecule has 0 fully saturated rings. The van der Waals surface area contributed by atoms with Gasteiger partial charge < -0.3 is 0 Å². The van der Waals surface area contributed by atoms with Gasteiger partial charge in [0.2, 0.25) is 0 Å². The van der Waals surface area contributed by atoms with Gasteiger partial charge in [0, 0.05) is 4.90 Å². The zero-order chi connectivity index (χ0) is 8.97. The van der Waals surface area contributed by atoms with Crippen molar-refractivity contribution in [1.82, 2.24) is 0 Å². The SMILES string of the molecule is CC(=O)C=Cc1ccccc1S. The molecule has 12 heavy (non-hydrogen) atoms. The molecule has 0 aliphatic rings. The Balaban J connectivity index is 2.89. The van der Waals surface area contributed by atoms with Crippen LogP contribution in [0.15, 0.2) is 35.2 Å². The first-order chi connectivity index (χ1) is 5.70. The predicted molar refractivity (Wildman–Crippen MR) is 53.4 cm³/mol. The van der Waals surface area contributed by atoms with Crippen molar-refractivity contribution in [3.05, 3.63) is 35.9 Å². The van der Waals surface area contributed by atoms with E-state index in [0.29, 0.717) is 0 Å². The highest BCUT2D eigenvalue weighted by molar-refractivity contribution is 7.80. The van der Waals surface area contributed by atoms with Crippen LogP contribution in [0.3, 0.4) is 0 Å². The number of hydrogen-bond acceptors (Lipinski definition) is 2. The lowest BCUT2D eigenvalue weighted by Gasteiger charge is -1.95. The lowest BCUT2D eigenvalue weighted by molar-refractivity contribution is -0.112. The van der Waals surface area contributed by atoms with Gasteiger partial charge in [-0.1, -0.05) is 24.3 Å². The quantitative estimate of drug-likeness (QED) is 0.544. The lowest BCUT2D eigenvalue weighted by atomic mass is 10.2. The number of carbonyl (C=O) groups excluding carboxylic acids is 1. The summed E-state index contributed by atoms with van der Waals surface area (Å²) in [5, 5.41) is 0. The molecule has 0 heterocycles. The number of rotatable bonds is 2. The Hall–Kier alpha value is -1.02. The monoisotopic (exact) mass is 178 g/mol. The Morgan fingerprint density at radius 2 is 2.08 bits per heavy atom. The number of benzene rings is 1. The fraction of sp³-hybridized carbons (Fsp3) is 0.100. The predicted octanol–water partition coefficient (Wildman–Crippen LogP) is 2.58. The maximum atomic E-state index is 10.6. The molecule has 0 aliphatic carbocycles. The summed E-state index contributed by atoms with van der Waals surface area (Å²) in [4.78, 5) is 11.5. The Morgan fingerprint density at radius 1 is 1.42 bits per heavy atom. The fourth-order valence-corrected chi connectivity index (χ4v) is 1.07. The zero-order valence-corrected chi connectivity index (χ0v) is 7.71. The average Bonchev–Trinajstić information content (AvgIpc) is 2.03. The molecule has 0 spiro atoms. The van der Waals surface area contributed by atoms with E-state index in [2.05, 4.69) is 12.6 Å². The van der Waals surface area contributed by atoms with E-state index < -0.39 is 0 Å². The first-order valence-corrected chi connectivity index (χ1v) is 4.11. The largest absolute Gasteiger partial charge is 0.295 e. The number of allylic oxidation sites excluding steroid dienone is 1. The molecule has 0 saturated heterocycles. The maximum Gasteiger partial charge on any atom is 0.152 e. The van der Waals surface area contributed by atoms with Crippen LogP contribution < -0.4 is 0 Å². The van der Waals surface area contributed by atoms with Crippen molar-refractivity contribution in [2.75, 3.05) is 0 Å². The molecule has 1 rings (SSSR count). The molecule has 1 nitrogen and oxygen atoms in total. The molecule has 0 atom stereocenters. The van der Waals surface area contributed by atoms with E-state index >= 15 is 0 Å². The zero-order valence-electron chi connectivity index (χ0n) is 6.82. The summed E-state index contributed by atoms with van der Waals surface area (Å²) in [6.45, 7) is 1.53. The third-order valence-electron chi connectivity index (χ3n) is 1.43. The molecule has 0 radical (unpaired) electrons. The number of thiol groups is 1. The van der Waals surface area contributed by atoms with Crippen LogP contribution in [0.5, 0.6) is 0 Å². The fourth-order valence-electron chi connectivity index (χ4n) is 0.836. The summed E-state index contributed by atoms with van der Waals surface area (Å²) in [6.07, 6.45) is 3.31. The molecule has 2 heteroatoms. The van der Waals surface area contributed by atoms with Crippen LogP contribution in [0.25, 0.3) is 6.08 Å². The topological polar surface area (TPSA) is 17.1 Å². The minimum atomic E-state index is 0.0478. The van der Waals surface area contributed by atoms with Gasteiger partial charge in [0.1, 0.15) is 0 Å². The van der Waals surface area contributed by atoms with E-state index in [-0.39, 0.29) is 5.78 Å². The van der Waals surface area contributed by atoms with E-state index in [0.717, 1.165) is 10.5 Å². The standard InChI is InChI=1S/C10H10OS/c1-8(11)6-7-9-4-2-3-5-10(9)12/h2-7,12H,1H3. The van der Waals surface area contributed by atoms with Crippen LogP contribution in [0, 0.1) is 0 Å². The molecule has 0 N–H and O–H groups in total. The Labute approximate surface area is 77.5 Å². The van der Waals surface area contributed by atoms with Crippen molar-refractivity contribution < 1.29 is 4.79 Å². The van der Waals surface area contributed by atoms with Crippen LogP contribution in [0.4, 0.5) is 0 Å². The van der Waals surface area contributed by atoms with E-state index in [1.165, 1.54) is 13.0 Å². The van der Waals surface area contributed by atoms with E-state index in [1.54, 1.807) is 6.08 Å². The first-order valence-electron chi connectivity index (χ1n) is 3.67. The molecular weight excluding hydrogens is 168 g/mol. The lowest BCUT2D eigenvalue weighted by Crippen LogP contribution is -1.80. The number of hydrogen-bond donors (Lipinski definition) is 1. The summed E-state index contributed by atoms with van der Waals surface area (Å²) in [6, 6.07) is 7.64. The Morgan fingerprint density at radius 3 is 2.67 bits per heavy atom. The van der Waals surface area contributed by atoms with Gasteiger partial charge in [0.25, 0.3) is 0 Å². The molecule has 0 saturated carbocycles. The number of ketones is 1. The van der Waals surface area contributed by atoms with Crippen LogP contribution in [-0.4, -0.2) is 5.78 Å². The van der Waals surface area contributed by atoms with Crippen molar-refractivity contribution >= 4 is 24.5 Å². The second-order valence-corrected chi connectivity index (χ2v) is 2.98. The van der Waals surface area contributed by atoms with Gasteiger partial charge in [-0.25, -0.2) is 0 Å². The highest BCUT2D eigenvalue weighted by Crippen LogP contribution is 2.13. The van der Waals surface area contributed by atoms with Gasteiger partial charge in [0.05, 0.1) is 0 Å².